The number of ether oxygens (including phenoxy) is 4. The number of benzene rings is 1. The van der Waals surface area contributed by atoms with Crippen molar-refractivity contribution < 1.29 is 18.9 Å². The van der Waals surface area contributed by atoms with Crippen molar-refractivity contribution in [3.63, 3.8) is 0 Å². The quantitative estimate of drug-likeness (QED) is 0.481. The first-order chi connectivity index (χ1) is 14.0. The summed E-state index contributed by atoms with van der Waals surface area (Å²) in [4.78, 5) is 8.53. The van der Waals surface area contributed by atoms with Crippen molar-refractivity contribution in [2.24, 2.45) is 0 Å². The molecular weight excluding hydrogens is 440 g/mol. The Hall–Kier alpha value is -2.52. The summed E-state index contributed by atoms with van der Waals surface area (Å²) in [6.07, 6.45) is 4.36. The lowest BCUT2D eigenvalue weighted by Gasteiger charge is -2.18. The first kappa shape index (κ1) is 21.2. The van der Waals surface area contributed by atoms with E-state index in [4.69, 9.17) is 24.7 Å². The van der Waals surface area contributed by atoms with Crippen molar-refractivity contribution in [1.82, 2.24) is 14.5 Å². The number of fused-ring (bicyclic) bond motifs is 1. The third-order valence-corrected chi connectivity index (χ3v) is 5.46. The van der Waals surface area contributed by atoms with Crippen LogP contribution in [0.25, 0.3) is 10.9 Å². The summed E-state index contributed by atoms with van der Waals surface area (Å²) in [5, 5.41) is 0.797. The molecule has 1 aromatic carbocycles. The largest absolute Gasteiger partial charge is 0.493 e. The van der Waals surface area contributed by atoms with Crippen molar-refractivity contribution in [2.75, 3.05) is 33.7 Å². The fraction of sp³-hybridized carbons (Fsp3) is 0.400. The molecule has 0 atom stereocenters. The number of nitrogens with zero attached hydrogens (tertiary/aromatic N) is 3. The van der Waals surface area contributed by atoms with Crippen LogP contribution in [0, 0.1) is 0 Å². The van der Waals surface area contributed by atoms with Gasteiger partial charge in [-0.05, 0) is 34.0 Å². The van der Waals surface area contributed by atoms with Crippen LogP contribution in [0.15, 0.2) is 23.1 Å². The molecule has 3 rings (SSSR count). The van der Waals surface area contributed by atoms with Gasteiger partial charge in [0.25, 0.3) is 0 Å². The normalized spacial score (nSPS) is 11.1. The van der Waals surface area contributed by atoms with Crippen molar-refractivity contribution in [3.05, 3.63) is 34.3 Å². The van der Waals surface area contributed by atoms with Crippen molar-refractivity contribution >= 4 is 32.7 Å². The molecule has 0 radical (unpaired) electrons. The standard InChI is InChI=1S/C20H25BrN4O4/c1-5-6-29-10-14-17-13(20(22)24-11-23-17)9-25(14)8-12-7-15(26-2)18(27-3)19(28-4)16(12)21/h7,9,11H,5-6,8,10H2,1-4H3,(H2,22,23,24). The van der Waals surface area contributed by atoms with Crippen LogP contribution in [-0.2, 0) is 17.9 Å². The SMILES string of the molecule is CCCOCc1c2ncnc(N)c2cn1Cc1cc(OC)c(OC)c(OC)c1Br. The van der Waals surface area contributed by atoms with E-state index in [9.17, 15) is 0 Å². The molecule has 3 aromatic rings. The molecule has 9 heteroatoms. The minimum Gasteiger partial charge on any atom is -0.493 e. The van der Waals surface area contributed by atoms with Gasteiger partial charge in [-0.2, -0.15) is 0 Å². The highest BCUT2D eigenvalue weighted by Gasteiger charge is 2.21. The number of hydrogen-bond donors (Lipinski definition) is 1. The van der Waals surface area contributed by atoms with E-state index in [1.807, 2.05) is 12.3 Å². The fourth-order valence-corrected chi connectivity index (χ4v) is 3.79. The molecule has 2 heterocycles. The molecule has 0 amide bonds. The minimum atomic E-state index is 0.426. The number of aromatic nitrogens is 3. The zero-order chi connectivity index (χ0) is 21.0. The lowest BCUT2D eigenvalue weighted by Crippen LogP contribution is -2.08. The van der Waals surface area contributed by atoms with Crippen molar-refractivity contribution in [1.29, 1.82) is 0 Å². The maximum atomic E-state index is 6.07. The summed E-state index contributed by atoms with van der Waals surface area (Å²) in [6.45, 7) is 3.69. The minimum absolute atomic E-state index is 0.426. The highest BCUT2D eigenvalue weighted by molar-refractivity contribution is 9.10. The zero-order valence-electron chi connectivity index (χ0n) is 17.0. The fourth-order valence-electron chi connectivity index (χ4n) is 3.21. The van der Waals surface area contributed by atoms with Crippen LogP contribution in [-0.4, -0.2) is 42.5 Å². The van der Waals surface area contributed by atoms with E-state index in [0.29, 0.717) is 42.8 Å². The van der Waals surface area contributed by atoms with Gasteiger partial charge in [0, 0.05) is 19.3 Å². The maximum Gasteiger partial charge on any atom is 0.204 e. The molecule has 0 aliphatic carbocycles. The summed E-state index contributed by atoms with van der Waals surface area (Å²) in [6, 6.07) is 1.92. The van der Waals surface area contributed by atoms with Gasteiger partial charge in [-0.25, -0.2) is 9.97 Å². The Morgan fingerprint density at radius 3 is 2.52 bits per heavy atom. The van der Waals surface area contributed by atoms with Crippen molar-refractivity contribution in [3.8, 4) is 17.2 Å². The summed E-state index contributed by atoms with van der Waals surface area (Å²) in [5.74, 6) is 2.13. The lowest BCUT2D eigenvalue weighted by molar-refractivity contribution is 0.117. The molecule has 0 saturated heterocycles. The van der Waals surface area contributed by atoms with E-state index in [0.717, 1.165) is 33.1 Å². The molecule has 0 bridgehead atoms. The van der Waals surface area contributed by atoms with Gasteiger partial charge < -0.3 is 29.2 Å². The first-order valence-corrected chi connectivity index (χ1v) is 9.98. The van der Waals surface area contributed by atoms with E-state index >= 15 is 0 Å². The average Bonchev–Trinajstić information content (AvgIpc) is 3.08. The Morgan fingerprint density at radius 1 is 1.10 bits per heavy atom. The molecule has 2 aromatic heterocycles. The molecule has 0 spiro atoms. The van der Waals surface area contributed by atoms with Crippen LogP contribution in [0.5, 0.6) is 17.2 Å². The monoisotopic (exact) mass is 464 g/mol. The third kappa shape index (κ3) is 4.11. The van der Waals surface area contributed by atoms with Crippen molar-refractivity contribution in [2.45, 2.75) is 26.5 Å². The molecule has 0 aliphatic rings. The predicted octanol–water partition coefficient (Wildman–Crippen LogP) is 3.78. The van der Waals surface area contributed by atoms with Gasteiger partial charge in [-0.1, -0.05) is 6.92 Å². The molecular formula is C20H25BrN4O4. The lowest BCUT2D eigenvalue weighted by atomic mass is 10.1. The number of rotatable bonds is 9. The average molecular weight is 465 g/mol. The summed E-state index contributed by atoms with van der Waals surface area (Å²) in [7, 11) is 4.77. The molecule has 0 fully saturated rings. The first-order valence-electron chi connectivity index (χ1n) is 9.18. The van der Waals surface area contributed by atoms with Crippen LogP contribution in [0.4, 0.5) is 5.82 Å². The number of methoxy groups -OCH3 is 3. The summed E-state index contributed by atoms with van der Waals surface area (Å²) < 4.78 is 25.2. The Morgan fingerprint density at radius 2 is 1.86 bits per heavy atom. The number of nitrogens with two attached hydrogens (primary N) is 1. The summed E-state index contributed by atoms with van der Waals surface area (Å²) in [5.41, 5.74) is 8.74. The Labute approximate surface area is 178 Å². The van der Waals surface area contributed by atoms with Gasteiger partial charge >= 0.3 is 0 Å². The second kappa shape index (κ2) is 9.32. The van der Waals surface area contributed by atoms with E-state index in [1.54, 1.807) is 21.3 Å². The number of hydrogen-bond acceptors (Lipinski definition) is 7. The van der Waals surface area contributed by atoms with Crippen LogP contribution >= 0.6 is 15.9 Å². The third-order valence-electron chi connectivity index (χ3n) is 4.59. The van der Waals surface area contributed by atoms with Crippen LogP contribution in [0.3, 0.4) is 0 Å². The van der Waals surface area contributed by atoms with Gasteiger partial charge in [0.1, 0.15) is 12.1 Å². The van der Waals surface area contributed by atoms with E-state index in [-0.39, 0.29) is 0 Å². The topological polar surface area (TPSA) is 93.7 Å². The second-order valence-electron chi connectivity index (χ2n) is 6.40. The molecule has 2 N–H and O–H groups in total. The molecule has 156 valence electrons. The van der Waals surface area contributed by atoms with Crippen LogP contribution < -0.4 is 19.9 Å². The van der Waals surface area contributed by atoms with Gasteiger partial charge in [0.05, 0.1) is 49.0 Å². The molecule has 0 aliphatic heterocycles. The van der Waals surface area contributed by atoms with E-state index in [2.05, 4.69) is 37.4 Å². The molecule has 8 nitrogen and oxygen atoms in total. The van der Waals surface area contributed by atoms with Gasteiger partial charge in [0.2, 0.25) is 5.75 Å². The van der Waals surface area contributed by atoms with Gasteiger partial charge in [0.15, 0.2) is 11.5 Å². The second-order valence-corrected chi connectivity index (χ2v) is 7.19. The number of halogens is 1. The van der Waals surface area contributed by atoms with Crippen LogP contribution in [0.1, 0.15) is 24.6 Å². The highest BCUT2D eigenvalue weighted by Crippen LogP contribution is 2.45. The maximum absolute atomic E-state index is 6.07. The zero-order valence-corrected chi connectivity index (χ0v) is 18.6. The highest BCUT2D eigenvalue weighted by atomic mass is 79.9. The van der Waals surface area contributed by atoms with Gasteiger partial charge in [-0.3, -0.25) is 0 Å². The summed E-state index contributed by atoms with van der Waals surface area (Å²) >= 11 is 3.64. The number of nitrogen functional groups attached to an aromatic ring is 1. The van der Waals surface area contributed by atoms with Crippen LogP contribution in [0.2, 0.25) is 0 Å². The predicted molar refractivity (Wildman–Crippen MR) is 115 cm³/mol. The van der Waals surface area contributed by atoms with E-state index < -0.39 is 0 Å². The Balaban J connectivity index is 2.10. The number of anilines is 1. The Bertz CT molecular complexity index is 1010. The van der Waals surface area contributed by atoms with Gasteiger partial charge in [-0.15, -0.1) is 0 Å². The smallest absolute Gasteiger partial charge is 0.204 e. The van der Waals surface area contributed by atoms with E-state index in [1.165, 1.54) is 6.33 Å². The Kier molecular flexibility index (Phi) is 6.81. The molecule has 0 unspecified atom stereocenters. The molecule has 29 heavy (non-hydrogen) atoms. The molecule has 0 saturated carbocycles.